The second-order valence-electron chi connectivity index (χ2n) is 7.68. The molecule has 0 saturated carbocycles. The Morgan fingerprint density at radius 2 is 1.26 bits per heavy atom. The zero-order chi connectivity index (χ0) is 24.3. The molecule has 0 fully saturated rings. The first kappa shape index (κ1) is 24.5. The van der Waals surface area contributed by atoms with Gasteiger partial charge in [-0.3, -0.25) is 0 Å². The summed E-state index contributed by atoms with van der Waals surface area (Å²) in [5.41, 5.74) is 1.49. The van der Waals surface area contributed by atoms with Gasteiger partial charge in [-0.05, 0) is 60.0 Å². The van der Waals surface area contributed by atoms with Crippen molar-refractivity contribution in [2.24, 2.45) is 5.92 Å². The Morgan fingerprint density at radius 3 is 1.85 bits per heavy atom. The third kappa shape index (κ3) is 7.48. The molecular weight excluding hydrogens is 436 g/mol. The van der Waals surface area contributed by atoms with Gasteiger partial charge in [-0.15, -0.1) is 0 Å². The highest BCUT2D eigenvalue weighted by Gasteiger charge is 2.13. The molecule has 3 aromatic rings. The molecule has 0 aliphatic carbocycles. The monoisotopic (exact) mass is 462 g/mol. The summed E-state index contributed by atoms with van der Waals surface area (Å²) >= 11 is 0. The summed E-state index contributed by atoms with van der Waals surface area (Å²) in [4.78, 5) is 36.3. The molecule has 1 unspecified atom stereocenters. The Balaban J connectivity index is 1.48. The second-order valence-corrected chi connectivity index (χ2v) is 7.68. The smallest absolute Gasteiger partial charge is 0.462 e. The average Bonchev–Trinajstić information content (AvgIpc) is 2.87. The van der Waals surface area contributed by atoms with E-state index in [1.807, 2.05) is 44.2 Å². The number of ether oxygens (including phenoxy) is 4. The molecule has 1 atom stereocenters. The van der Waals surface area contributed by atoms with Crippen molar-refractivity contribution in [1.82, 2.24) is 0 Å². The SMILES string of the molecule is CCC(C)COC(=O)c1ccc(OC(=O)c2ccc(OC(=O)OCc3ccccc3)cc2)cc1. The van der Waals surface area contributed by atoms with Crippen LogP contribution < -0.4 is 9.47 Å². The van der Waals surface area contributed by atoms with Gasteiger partial charge in [0.25, 0.3) is 0 Å². The van der Waals surface area contributed by atoms with E-state index in [1.54, 1.807) is 12.1 Å². The van der Waals surface area contributed by atoms with Crippen LogP contribution in [0.1, 0.15) is 46.5 Å². The number of hydrogen-bond donors (Lipinski definition) is 0. The fourth-order valence-corrected chi connectivity index (χ4v) is 2.75. The first-order valence-electron chi connectivity index (χ1n) is 10.9. The second kappa shape index (κ2) is 12.2. The Labute approximate surface area is 198 Å². The Hall–Kier alpha value is -4.13. The van der Waals surface area contributed by atoms with Gasteiger partial charge in [0.1, 0.15) is 18.1 Å². The molecule has 0 bridgehead atoms. The standard InChI is InChI=1S/C27H26O7/c1-3-19(2)17-31-25(28)21-9-13-23(14-10-21)33-26(29)22-11-15-24(16-12-22)34-27(30)32-18-20-7-5-4-6-8-20/h4-16,19H,3,17-18H2,1-2H3. The quantitative estimate of drug-likeness (QED) is 0.225. The van der Waals surface area contributed by atoms with Gasteiger partial charge >= 0.3 is 18.1 Å². The van der Waals surface area contributed by atoms with Crippen LogP contribution in [-0.4, -0.2) is 24.7 Å². The number of esters is 2. The molecule has 34 heavy (non-hydrogen) atoms. The van der Waals surface area contributed by atoms with E-state index in [0.717, 1.165) is 12.0 Å². The van der Waals surface area contributed by atoms with Crippen molar-refractivity contribution in [3.8, 4) is 11.5 Å². The molecule has 176 valence electrons. The summed E-state index contributed by atoms with van der Waals surface area (Å²) in [6, 6.07) is 21.3. The zero-order valence-electron chi connectivity index (χ0n) is 19.1. The Kier molecular flexibility index (Phi) is 8.80. The van der Waals surface area contributed by atoms with E-state index in [1.165, 1.54) is 36.4 Å². The van der Waals surface area contributed by atoms with E-state index in [4.69, 9.17) is 18.9 Å². The number of carbonyl (C=O) groups excluding carboxylic acids is 3. The lowest BCUT2D eigenvalue weighted by Crippen LogP contribution is -2.12. The van der Waals surface area contributed by atoms with Gasteiger partial charge in [0.15, 0.2) is 0 Å². The highest BCUT2D eigenvalue weighted by atomic mass is 16.7. The molecule has 0 spiro atoms. The summed E-state index contributed by atoms with van der Waals surface area (Å²) in [5.74, 6) is -0.203. The van der Waals surface area contributed by atoms with Crippen molar-refractivity contribution in [3.63, 3.8) is 0 Å². The molecule has 0 aliphatic heterocycles. The van der Waals surface area contributed by atoms with Crippen LogP contribution in [0.5, 0.6) is 11.5 Å². The normalized spacial score (nSPS) is 11.2. The molecule has 3 rings (SSSR count). The summed E-state index contributed by atoms with van der Waals surface area (Å²) in [6.45, 7) is 4.49. The largest absolute Gasteiger partial charge is 0.514 e. The lowest BCUT2D eigenvalue weighted by molar-refractivity contribution is 0.0447. The van der Waals surface area contributed by atoms with Gasteiger partial charge in [0.05, 0.1) is 17.7 Å². The van der Waals surface area contributed by atoms with E-state index < -0.39 is 18.1 Å². The van der Waals surface area contributed by atoms with Crippen molar-refractivity contribution in [2.45, 2.75) is 26.9 Å². The Morgan fingerprint density at radius 1 is 0.706 bits per heavy atom. The summed E-state index contributed by atoms with van der Waals surface area (Å²) in [5, 5.41) is 0. The summed E-state index contributed by atoms with van der Waals surface area (Å²) in [6.07, 6.45) is 0.0788. The van der Waals surface area contributed by atoms with Crippen molar-refractivity contribution in [3.05, 3.63) is 95.6 Å². The maximum Gasteiger partial charge on any atom is 0.514 e. The molecular formula is C27H26O7. The van der Waals surface area contributed by atoms with E-state index in [9.17, 15) is 14.4 Å². The van der Waals surface area contributed by atoms with Crippen molar-refractivity contribution in [2.75, 3.05) is 6.61 Å². The maximum absolute atomic E-state index is 12.4. The predicted molar refractivity (Wildman–Crippen MR) is 125 cm³/mol. The van der Waals surface area contributed by atoms with E-state index in [2.05, 4.69) is 0 Å². The first-order valence-corrected chi connectivity index (χ1v) is 10.9. The van der Waals surface area contributed by atoms with Gasteiger partial charge in [-0.1, -0.05) is 50.6 Å². The highest BCUT2D eigenvalue weighted by molar-refractivity contribution is 5.92. The van der Waals surface area contributed by atoms with Crippen LogP contribution >= 0.6 is 0 Å². The molecule has 0 N–H and O–H groups in total. The van der Waals surface area contributed by atoms with E-state index in [-0.39, 0.29) is 23.7 Å². The fraction of sp³-hybridized carbons (Fsp3) is 0.222. The summed E-state index contributed by atoms with van der Waals surface area (Å²) < 4.78 is 20.8. The minimum absolute atomic E-state index is 0.0957. The van der Waals surface area contributed by atoms with Crippen molar-refractivity contribution in [1.29, 1.82) is 0 Å². The van der Waals surface area contributed by atoms with Crippen LogP contribution in [0.4, 0.5) is 4.79 Å². The van der Waals surface area contributed by atoms with Crippen molar-refractivity contribution >= 4 is 18.1 Å². The lowest BCUT2D eigenvalue weighted by Gasteiger charge is -2.10. The topological polar surface area (TPSA) is 88.1 Å². The van der Waals surface area contributed by atoms with Gasteiger partial charge in [-0.2, -0.15) is 0 Å². The molecule has 0 amide bonds. The number of benzene rings is 3. The molecule has 7 nitrogen and oxygen atoms in total. The molecule has 7 heteroatoms. The molecule has 3 aromatic carbocycles. The fourth-order valence-electron chi connectivity index (χ4n) is 2.75. The van der Waals surface area contributed by atoms with Crippen LogP contribution in [0, 0.1) is 5.92 Å². The first-order chi connectivity index (χ1) is 16.4. The number of hydrogen-bond acceptors (Lipinski definition) is 7. The Bertz CT molecular complexity index is 1090. The van der Waals surface area contributed by atoms with Gasteiger partial charge in [-0.25, -0.2) is 14.4 Å². The van der Waals surface area contributed by atoms with Crippen LogP contribution in [0.15, 0.2) is 78.9 Å². The molecule has 0 radical (unpaired) electrons. The average molecular weight is 462 g/mol. The number of carbonyl (C=O) groups is 3. The lowest BCUT2D eigenvalue weighted by atomic mass is 10.1. The highest BCUT2D eigenvalue weighted by Crippen LogP contribution is 2.18. The van der Waals surface area contributed by atoms with Crippen LogP contribution in [-0.2, 0) is 16.1 Å². The molecule has 0 saturated heterocycles. The van der Waals surface area contributed by atoms with Crippen LogP contribution in [0.3, 0.4) is 0 Å². The predicted octanol–water partition coefficient (Wildman–Crippen LogP) is 5.82. The molecule has 0 aromatic heterocycles. The molecule has 0 heterocycles. The maximum atomic E-state index is 12.4. The summed E-state index contributed by atoms with van der Waals surface area (Å²) in [7, 11) is 0. The van der Waals surface area contributed by atoms with Gasteiger partial charge in [0, 0.05) is 0 Å². The third-order valence-electron chi connectivity index (χ3n) is 4.99. The third-order valence-corrected chi connectivity index (χ3v) is 4.99. The van der Waals surface area contributed by atoms with E-state index >= 15 is 0 Å². The van der Waals surface area contributed by atoms with Crippen LogP contribution in [0.25, 0.3) is 0 Å². The van der Waals surface area contributed by atoms with Gasteiger partial charge in [0.2, 0.25) is 0 Å². The van der Waals surface area contributed by atoms with Gasteiger partial charge < -0.3 is 18.9 Å². The van der Waals surface area contributed by atoms with E-state index in [0.29, 0.717) is 18.1 Å². The zero-order valence-corrected chi connectivity index (χ0v) is 19.1. The van der Waals surface area contributed by atoms with Crippen LogP contribution in [0.2, 0.25) is 0 Å². The number of rotatable bonds is 9. The van der Waals surface area contributed by atoms with Crippen molar-refractivity contribution < 1.29 is 33.3 Å². The molecule has 0 aliphatic rings. The minimum Gasteiger partial charge on any atom is -0.462 e. The minimum atomic E-state index is -0.845.